The first-order chi connectivity index (χ1) is 9.91. The fraction of sp³-hybridized carbons (Fsp3) is 0.154. The number of nitrogen functional groups attached to an aromatic ring is 1. The van der Waals surface area contributed by atoms with E-state index in [1.54, 1.807) is 6.20 Å². The van der Waals surface area contributed by atoms with Gasteiger partial charge in [0.15, 0.2) is 0 Å². The molecule has 0 aliphatic carbocycles. The molecule has 2 heterocycles. The lowest BCUT2D eigenvalue weighted by Crippen LogP contribution is -2.16. The third kappa shape index (κ3) is 2.95. The number of amides is 2. The molecule has 0 saturated carbocycles. The Labute approximate surface area is 125 Å². The fourth-order valence-electron chi connectivity index (χ4n) is 1.86. The van der Waals surface area contributed by atoms with Crippen LogP contribution in [-0.2, 0) is 6.54 Å². The van der Waals surface area contributed by atoms with E-state index in [1.807, 2.05) is 19.1 Å². The minimum atomic E-state index is -0.712. The van der Waals surface area contributed by atoms with Crippen molar-refractivity contribution in [3.05, 3.63) is 40.0 Å². The summed E-state index contributed by atoms with van der Waals surface area (Å²) in [4.78, 5) is 27.1. The standard InChI is InChI=1S/C13H15N5O2S/c1-6-3-2-4-17-7(6)5-18-13-8(11(15)19)9(14)10(21-13)12(16)20/h2-4,18H,5,14H2,1H3,(H2,15,19)(H2,16,20). The van der Waals surface area contributed by atoms with Gasteiger partial charge in [-0.2, -0.15) is 0 Å². The molecule has 0 aliphatic heterocycles. The molecule has 0 aliphatic rings. The second-order valence-electron chi connectivity index (χ2n) is 4.40. The van der Waals surface area contributed by atoms with Crippen LogP contribution < -0.4 is 22.5 Å². The Kier molecular flexibility index (Phi) is 4.08. The highest BCUT2D eigenvalue weighted by Gasteiger charge is 2.22. The number of thiophene rings is 1. The first kappa shape index (κ1) is 14.8. The van der Waals surface area contributed by atoms with E-state index in [9.17, 15) is 9.59 Å². The first-order valence-corrected chi connectivity index (χ1v) is 6.89. The zero-order valence-corrected chi connectivity index (χ0v) is 12.2. The monoisotopic (exact) mass is 305 g/mol. The van der Waals surface area contributed by atoms with Gasteiger partial charge in [0.25, 0.3) is 11.8 Å². The maximum atomic E-state index is 11.5. The van der Waals surface area contributed by atoms with Gasteiger partial charge in [-0.3, -0.25) is 14.6 Å². The minimum absolute atomic E-state index is 0.0141. The molecule has 7 N–H and O–H groups in total. The van der Waals surface area contributed by atoms with E-state index < -0.39 is 11.8 Å². The minimum Gasteiger partial charge on any atom is -0.397 e. The average molecular weight is 305 g/mol. The molecule has 0 bridgehead atoms. The van der Waals surface area contributed by atoms with E-state index in [0.717, 1.165) is 22.6 Å². The highest BCUT2D eigenvalue weighted by molar-refractivity contribution is 7.19. The number of nitrogens with two attached hydrogens (primary N) is 3. The third-order valence-electron chi connectivity index (χ3n) is 2.95. The lowest BCUT2D eigenvalue weighted by molar-refractivity contribution is 0.0999. The topological polar surface area (TPSA) is 137 Å². The number of nitrogens with one attached hydrogen (secondary N) is 1. The summed E-state index contributed by atoms with van der Waals surface area (Å²) < 4.78 is 0. The number of hydrogen-bond donors (Lipinski definition) is 4. The van der Waals surface area contributed by atoms with Gasteiger partial charge in [0.1, 0.15) is 9.88 Å². The van der Waals surface area contributed by atoms with Gasteiger partial charge < -0.3 is 22.5 Å². The summed E-state index contributed by atoms with van der Waals surface area (Å²) in [5.41, 5.74) is 18.2. The number of anilines is 2. The molecule has 2 aromatic heterocycles. The lowest BCUT2D eigenvalue weighted by Gasteiger charge is -2.07. The second kappa shape index (κ2) is 5.80. The maximum absolute atomic E-state index is 11.5. The van der Waals surface area contributed by atoms with Crippen molar-refractivity contribution in [2.45, 2.75) is 13.5 Å². The number of rotatable bonds is 5. The molecule has 0 aromatic carbocycles. The molecule has 0 saturated heterocycles. The molecule has 8 heteroatoms. The van der Waals surface area contributed by atoms with Crippen LogP contribution in [-0.4, -0.2) is 16.8 Å². The van der Waals surface area contributed by atoms with Crippen LogP contribution in [0, 0.1) is 6.92 Å². The smallest absolute Gasteiger partial charge is 0.260 e. The third-order valence-corrected chi connectivity index (χ3v) is 4.13. The van der Waals surface area contributed by atoms with E-state index in [4.69, 9.17) is 17.2 Å². The molecule has 0 atom stereocenters. The van der Waals surface area contributed by atoms with E-state index in [-0.39, 0.29) is 16.1 Å². The SMILES string of the molecule is Cc1cccnc1CNc1sc(C(N)=O)c(N)c1C(N)=O. The zero-order chi connectivity index (χ0) is 15.6. The van der Waals surface area contributed by atoms with Crippen molar-refractivity contribution in [3.63, 3.8) is 0 Å². The average Bonchev–Trinajstić information content (AvgIpc) is 2.75. The highest BCUT2D eigenvalue weighted by atomic mass is 32.1. The maximum Gasteiger partial charge on any atom is 0.260 e. The lowest BCUT2D eigenvalue weighted by atomic mass is 10.2. The number of pyridine rings is 1. The van der Waals surface area contributed by atoms with E-state index in [0.29, 0.717) is 11.5 Å². The van der Waals surface area contributed by atoms with Gasteiger partial charge in [-0.15, -0.1) is 11.3 Å². The number of nitrogens with zero attached hydrogens (tertiary/aromatic N) is 1. The van der Waals surface area contributed by atoms with Crippen LogP contribution in [0.25, 0.3) is 0 Å². The van der Waals surface area contributed by atoms with Crippen LogP contribution >= 0.6 is 11.3 Å². The van der Waals surface area contributed by atoms with Crippen LogP contribution in [0.3, 0.4) is 0 Å². The number of primary amides is 2. The van der Waals surface area contributed by atoms with Gasteiger partial charge in [-0.05, 0) is 18.6 Å². The number of hydrogen-bond acceptors (Lipinski definition) is 6. The van der Waals surface area contributed by atoms with E-state index in [1.165, 1.54) is 0 Å². The summed E-state index contributed by atoms with van der Waals surface area (Å²) >= 11 is 1.01. The Morgan fingerprint density at radius 1 is 1.33 bits per heavy atom. The van der Waals surface area contributed by atoms with Gasteiger partial charge >= 0.3 is 0 Å². The first-order valence-electron chi connectivity index (χ1n) is 6.08. The summed E-state index contributed by atoms with van der Waals surface area (Å²) in [7, 11) is 0. The normalized spacial score (nSPS) is 10.3. The summed E-state index contributed by atoms with van der Waals surface area (Å²) in [6.07, 6.45) is 1.68. The quantitative estimate of drug-likeness (QED) is 0.648. The van der Waals surface area contributed by atoms with Crippen molar-refractivity contribution >= 4 is 33.8 Å². The highest BCUT2D eigenvalue weighted by Crippen LogP contribution is 2.35. The molecular formula is C13H15N5O2S. The van der Waals surface area contributed by atoms with Gasteiger partial charge in [-0.1, -0.05) is 6.07 Å². The van der Waals surface area contributed by atoms with Crippen LogP contribution in [0.5, 0.6) is 0 Å². The number of carbonyl (C=O) groups excluding carboxylic acids is 2. The van der Waals surface area contributed by atoms with Gasteiger partial charge in [0.2, 0.25) is 0 Å². The van der Waals surface area contributed by atoms with Gasteiger partial charge in [-0.25, -0.2) is 0 Å². The Balaban J connectivity index is 2.32. The van der Waals surface area contributed by atoms with Crippen LogP contribution in [0.4, 0.5) is 10.7 Å². The van der Waals surface area contributed by atoms with Crippen molar-refractivity contribution < 1.29 is 9.59 Å². The zero-order valence-electron chi connectivity index (χ0n) is 11.3. The van der Waals surface area contributed by atoms with Gasteiger partial charge in [0, 0.05) is 6.20 Å². The molecule has 21 heavy (non-hydrogen) atoms. The number of carbonyl (C=O) groups is 2. The van der Waals surface area contributed by atoms with Crippen LogP contribution in [0.15, 0.2) is 18.3 Å². The predicted octanol–water partition coefficient (Wildman–Crippen LogP) is 0.844. The molecule has 110 valence electrons. The molecule has 2 aromatic rings. The Hall–Kier alpha value is -2.61. The van der Waals surface area contributed by atoms with Crippen molar-refractivity contribution in [3.8, 4) is 0 Å². The fourth-order valence-corrected chi connectivity index (χ4v) is 2.84. The van der Waals surface area contributed by atoms with Crippen molar-refractivity contribution in [2.75, 3.05) is 11.1 Å². The van der Waals surface area contributed by atoms with Crippen LogP contribution in [0.2, 0.25) is 0 Å². The molecule has 2 amide bonds. The largest absolute Gasteiger partial charge is 0.397 e. The Morgan fingerprint density at radius 3 is 2.62 bits per heavy atom. The van der Waals surface area contributed by atoms with Crippen molar-refractivity contribution in [2.24, 2.45) is 11.5 Å². The van der Waals surface area contributed by atoms with Crippen molar-refractivity contribution in [1.82, 2.24) is 4.98 Å². The molecule has 2 rings (SSSR count). The second-order valence-corrected chi connectivity index (χ2v) is 5.42. The van der Waals surface area contributed by atoms with Crippen molar-refractivity contribution in [1.29, 1.82) is 0 Å². The summed E-state index contributed by atoms with van der Waals surface area (Å²) in [5.74, 6) is -1.40. The molecule has 0 fully saturated rings. The summed E-state index contributed by atoms with van der Waals surface area (Å²) in [6.45, 7) is 2.31. The van der Waals surface area contributed by atoms with E-state index in [2.05, 4.69) is 10.3 Å². The molecule has 7 nitrogen and oxygen atoms in total. The van der Waals surface area contributed by atoms with E-state index >= 15 is 0 Å². The summed E-state index contributed by atoms with van der Waals surface area (Å²) in [5, 5.41) is 3.45. The van der Waals surface area contributed by atoms with Gasteiger partial charge in [0.05, 0.1) is 23.5 Å². The number of aryl methyl sites for hydroxylation is 1. The summed E-state index contributed by atoms with van der Waals surface area (Å²) in [6, 6.07) is 3.76. The Morgan fingerprint density at radius 2 is 2.05 bits per heavy atom. The van der Waals surface area contributed by atoms with Crippen LogP contribution in [0.1, 0.15) is 31.3 Å². The molecular weight excluding hydrogens is 290 g/mol. The number of aromatic nitrogens is 1. The predicted molar refractivity (Wildman–Crippen MR) is 82.1 cm³/mol. The molecule has 0 spiro atoms. The Bertz CT molecular complexity index is 711. The molecule has 0 unspecified atom stereocenters. The molecule has 0 radical (unpaired) electrons.